The minimum absolute atomic E-state index is 0.668. The van der Waals surface area contributed by atoms with Gasteiger partial charge in [-0.05, 0) is 24.1 Å². The van der Waals surface area contributed by atoms with Crippen molar-refractivity contribution < 1.29 is 4.52 Å². The fourth-order valence-corrected chi connectivity index (χ4v) is 1.24. The number of nitrogen functional groups attached to an aromatic ring is 1. The third-order valence-electron chi connectivity index (χ3n) is 2.01. The predicted octanol–water partition coefficient (Wildman–Crippen LogP) is 1.44. The largest absolute Gasteiger partial charge is 0.399 e. The third-order valence-corrected chi connectivity index (χ3v) is 2.01. The molecular formula is C10H11N3O. The second-order valence-electron chi connectivity index (χ2n) is 3.08. The summed E-state index contributed by atoms with van der Waals surface area (Å²) in [7, 11) is 0. The van der Waals surface area contributed by atoms with Crippen molar-refractivity contribution in [3.05, 3.63) is 42.0 Å². The van der Waals surface area contributed by atoms with Crippen molar-refractivity contribution in [2.24, 2.45) is 0 Å². The highest BCUT2D eigenvalue weighted by Gasteiger charge is 1.99. The van der Waals surface area contributed by atoms with Crippen LogP contribution < -0.4 is 5.73 Å². The average Bonchev–Trinajstić information content (AvgIpc) is 2.70. The van der Waals surface area contributed by atoms with Crippen LogP contribution in [0, 0.1) is 0 Å². The quantitative estimate of drug-likeness (QED) is 0.742. The van der Waals surface area contributed by atoms with Crippen LogP contribution in [0.2, 0.25) is 0 Å². The Morgan fingerprint density at radius 3 is 2.57 bits per heavy atom. The van der Waals surface area contributed by atoms with Gasteiger partial charge in [0.15, 0.2) is 6.33 Å². The molecule has 1 heterocycles. The minimum Gasteiger partial charge on any atom is -0.399 e. The normalized spacial score (nSPS) is 10.3. The van der Waals surface area contributed by atoms with Gasteiger partial charge in [0.05, 0.1) is 0 Å². The Labute approximate surface area is 81.7 Å². The summed E-state index contributed by atoms with van der Waals surface area (Å²) in [5.74, 6) is 0.668. The van der Waals surface area contributed by atoms with Crippen molar-refractivity contribution in [2.75, 3.05) is 5.73 Å². The van der Waals surface area contributed by atoms with Crippen molar-refractivity contribution in [3.8, 4) is 0 Å². The van der Waals surface area contributed by atoms with E-state index in [1.807, 2.05) is 24.3 Å². The first-order chi connectivity index (χ1) is 6.84. The van der Waals surface area contributed by atoms with Gasteiger partial charge in [0, 0.05) is 12.1 Å². The van der Waals surface area contributed by atoms with E-state index in [0.29, 0.717) is 5.89 Å². The number of anilines is 1. The smallest absolute Gasteiger partial charge is 0.226 e. The maximum absolute atomic E-state index is 5.58. The molecule has 0 spiro atoms. The van der Waals surface area contributed by atoms with Crippen molar-refractivity contribution in [1.82, 2.24) is 10.1 Å². The lowest BCUT2D eigenvalue weighted by molar-refractivity contribution is 0.377. The molecule has 0 bridgehead atoms. The summed E-state index contributed by atoms with van der Waals surface area (Å²) in [6.07, 6.45) is 3.07. The zero-order valence-electron chi connectivity index (χ0n) is 7.68. The van der Waals surface area contributed by atoms with Gasteiger partial charge in [-0.1, -0.05) is 17.3 Å². The van der Waals surface area contributed by atoms with Gasteiger partial charge >= 0.3 is 0 Å². The van der Waals surface area contributed by atoms with Gasteiger partial charge in [0.1, 0.15) is 0 Å². The number of nitrogens with zero attached hydrogens (tertiary/aromatic N) is 2. The molecular weight excluding hydrogens is 178 g/mol. The van der Waals surface area contributed by atoms with E-state index in [1.165, 1.54) is 11.9 Å². The Morgan fingerprint density at radius 2 is 1.93 bits per heavy atom. The van der Waals surface area contributed by atoms with Crippen LogP contribution in [0.15, 0.2) is 35.1 Å². The first kappa shape index (κ1) is 8.74. The molecule has 0 amide bonds. The van der Waals surface area contributed by atoms with E-state index < -0.39 is 0 Å². The zero-order chi connectivity index (χ0) is 9.80. The van der Waals surface area contributed by atoms with Gasteiger partial charge in [-0.15, -0.1) is 0 Å². The molecule has 4 heteroatoms. The van der Waals surface area contributed by atoms with Crippen LogP contribution in [-0.2, 0) is 12.8 Å². The van der Waals surface area contributed by atoms with E-state index in [0.717, 1.165) is 18.5 Å². The van der Waals surface area contributed by atoms with Gasteiger partial charge in [0.2, 0.25) is 5.89 Å². The van der Waals surface area contributed by atoms with Crippen LogP contribution in [0.5, 0.6) is 0 Å². The fourth-order valence-electron chi connectivity index (χ4n) is 1.24. The molecule has 0 unspecified atom stereocenters. The lowest BCUT2D eigenvalue weighted by Gasteiger charge is -1.98. The topological polar surface area (TPSA) is 64.9 Å². The summed E-state index contributed by atoms with van der Waals surface area (Å²) in [6.45, 7) is 0. The zero-order valence-corrected chi connectivity index (χ0v) is 7.68. The van der Waals surface area contributed by atoms with Crippen LogP contribution in [0.3, 0.4) is 0 Å². The first-order valence-corrected chi connectivity index (χ1v) is 4.44. The maximum atomic E-state index is 5.58. The van der Waals surface area contributed by atoms with Gasteiger partial charge in [0.25, 0.3) is 0 Å². The van der Waals surface area contributed by atoms with Gasteiger partial charge < -0.3 is 10.3 Å². The van der Waals surface area contributed by atoms with Crippen molar-refractivity contribution >= 4 is 5.69 Å². The molecule has 2 rings (SSSR count). The number of aromatic nitrogens is 2. The van der Waals surface area contributed by atoms with E-state index in [2.05, 4.69) is 10.1 Å². The Balaban J connectivity index is 1.95. The number of hydrogen-bond acceptors (Lipinski definition) is 4. The van der Waals surface area contributed by atoms with E-state index >= 15 is 0 Å². The van der Waals surface area contributed by atoms with Crippen LogP contribution in [-0.4, -0.2) is 10.1 Å². The van der Waals surface area contributed by atoms with Crippen molar-refractivity contribution in [2.45, 2.75) is 12.8 Å². The van der Waals surface area contributed by atoms with Crippen molar-refractivity contribution in [3.63, 3.8) is 0 Å². The molecule has 4 nitrogen and oxygen atoms in total. The molecule has 0 aliphatic carbocycles. The average molecular weight is 189 g/mol. The first-order valence-electron chi connectivity index (χ1n) is 4.44. The highest BCUT2D eigenvalue weighted by molar-refractivity contribution is 5.39. The molecule has 0 saturated carbocycles. The highest BCUT2D eigenvalue weighted by Crippen LogP contribution is 2.08. The minimum atomic E-state index is 0.668. The highest BCUT2D eigenvalue weighted by atomic mass is 16.5. The van der Waals surface area contributed by atoms with Crippen LogP contribution in [0.4, 0.5) is 5.69 Å². The molecule has 1 aromatic heterocycles. The summed E-state index contributed by atoms with van der Waals surface area (Å²) >= 11 is 0. The molecule has 0 aliphatic rings. The third kappa shape index (κ3) is 2.10. The van der Waals surface area contributed by atoms with Gasteiger partial charge in [-0.25, -0.2) is 0 Å². The molecule has 0 aliphatic heterocycles. The molecule has 0 saturated heterocycles. The molecule has 0 atom stereocenters. The molecule has 2 aromatic rings. The summed E-state index contributed by atoms with van der Waals surface area (Å²) < 4.78 is 4.89. The molecule has 14 heavy (non-hydrogen) atoms. The Kier molecular flexibility index (Phi) is 2.44. The molecule has 2 N–H and O–H groups in total. The van der Waals surface area contributed by atoms with Gasteiger partial charge in [-0.2, -0.15) is 4.98 Å². The van der Waals surface area contributed by atoms with E-state index in [9.17, 15) is 0 Å². The molecule has 0 radical (unpaired) electrons. The lowest BCUT2D eigenvalue weighted by Crippen LogP contribution is -1.92. The number of hydrogen-bond donors (Lipinski definition) is 1. The Hall–Kier alpha value is -1.84. The second-order valence-corrected chi connectivity index (χ2v) is 3.08. The summed E-state index contributed by atoms with van der Waals surface area (Å²) in [5.41, 5.74) is 7.58. The summed E-state index contributed by atoms with van der Waals surface area (Å²) in [5, 5.41) is 3.54. The Bertz CT molecular complexity index is 380. The maximum Gasteiger partial charge on any atom is 0.226 e. The fraction of sp³-hybridized carbons (Fsp3) is 0.200. The number of benzene rings is 1. The van der Waals surface area contributed by atoms with Gasteiger partial charge in [-0.3, -0.25) is 0 Å². The SMILES string of the molecule is Nc1ccc(CCc2ncno2)cc1. The summed E-state index contributed by atoms with van der Waals surface area (Å²) in [4.78, 5) is 3.95. The van der Waals surface area contributed by atoms with Crippen LogP contribution >= 0.6 is 0 Å². The number of aryl methyl sites for hydroxylation is 2. The number of rotatable bonds is 3. The summed E-state index contributed by atoms with van der Waals surface area (Å²) in [6, 6.07) is 7.80. The van der Waals surface area contributed by atoms with E-state index in [1.54, 1.807) is 0 Å². The molecule has 1 aromatic carbocycles. The molecule has 72 valence electrons. The standard InChI is InChI=1S/C10H11N3O/c11-9-4-1-8(2-5-9)3-6-10-12-7-13-14-10/h1-2,4-5,7H,3,6,11H2. The molecule has 0 fully saturated rings. The predicted molar refractivity (Wildman–Crippen MR) is 52.6 cm³/mol. The van der Waals surface area contributed by atoms with Crippen molar-refractivity contribution in [1.29, 1.82) is 0 Å². The second kappa shape index (κ2) is 3.91. The van der Waals surface area contributed by atoms with E-state index in [-0.39, 0.29) is 0 Å². The lowest BCUT2D eigenvalue weighted by atomic mass is 10.1. The monoisotopic (exact) mass is 189 g/mol. The van der Waals surface area contributed by atoms with E-state index in [4.69, 9.17) is 10.3 Å². The number of nitrogens with two attached hydrogens (primary N) is 1. The Morgan fingerprint density at radius 1 is 1.14 bits per heavy atom. The van der Waals surface area contributed by atoms with Crippen LogP contribution in [0.1, 0.15) is 11.5 Å². The van der Waals surface area contributed by atoms with Crippen LogP contribution in [0.25, 0.3) is 0 Å².